The normalized spacial score (nSPS) is 18.3. The number of nitrogens with one attached hydrogen (secondary N) is 1. The maximum Gasteiger partial charge on any atom is 0.453 e. The molecule has 3 heterocycles. The minimum absolute atomic E-state index is 0. The fraction of sp³-hybridized carbons (Fsp3) is 0.538. The highest BCUT2D eigenvalue weighted by molar-refractivity contribution is 7.91. The van der Waals surface area contributed by atoms with E-state index in [0.29, 0.717) is 23.6 Å². The number of hydroxylamine groups is 1. The summed E-state index contributed by atoms with van der Waals surface area (Å²) in [5, 5.41) is 10.0. The van der Waals surface area contributed by atoms with E-state index in [0.717, 1.165) is 5.69 Å². The van der Waals surface area contributed by atoms with Gasteiger partial charge in [-0.3, -0.25) is 15.0 Å². The van der Waals surface area contributed by atoms with Crippen LogP contribution in [0.4, 0.5) is 27.6 Å². The van der Waals surface area contributed by atoms with Crippen LogP contribution >= 0.6 is 36.4 Å². The first-order chi connectivity index (χ1) is 19.2. The van der Waals surface area contributed by atoms with Gasteiger partial charge in [-0.15, -0.1) is 24.8 Å². The summed E-state index contributed by atoms with van der Waals surface area (Å²) in [6, 6.07) is 10.1. The number of benzene rings is 1. The van der Waals surface area contributed by atoms with Gasteiger partial charge in [-0.25, -0.2) is 18.2 Å². The van der Waals surface area contributed by atoms with Crippen LogP contribution < -0.4 is 10.4 Å². The van der Waals surface area contributed by atoms with Gasteiger partial charge < -0.3 is 4.90 Å². The molecule has 2 saturated heterocycles. The number of aryl methyl sites for hydroxylation is 1. The number of amides is 1. The number of nitrogens with zero attached hydrogens (tertiary/aromatic N) is 3. The van der Waals surface area contributed by atoms with Crippen molar-refractivity contribution >= 4 is 58.0 Å². The highest BCUT2D eigenvalue weighted by atomic mass is 35.5. The number of anilines is 1. The average Bonchev–Trinajstić information content (AvgIpc) is 2.96. The molecule has 4 rings (SSSR count). The Morgan fingerprint density at radius 2 is 1.58 bits per heavy atom. The Kier molecular flexibility index (Phi) is 12.5. The van der Waals surface area contributed by atoms with Gasteiger partial charge in [-0.05, 0) is 68.0 Å². The number of hydrogen-bond donors (Lipinski definition) is 2. The van der Waals surface area contributed by atoms with Crippen molar-refractivity contribution in [3.8, 4) is 0 Å². The number of carbonyl (C=O) groups excluding carboxylic acids is 1. The molecule has 0 radical (unpaired) electrons. The quantitative estimate of drug-likeness (QED) is 0.207. The van der Waals surface area contributed by atoms with E-state index in [4.69, 9.17) is 11.6 Å². The molecule has 17 heteroatoms. The fourth-order valence-electron chi connectivity index (χ4n) is 5.39. The summed E-state index contributed by atoms with van der Waals surface area (Å²) in [6.45, 7) is 0.705. The van der Waals surface area contributed by atoms with Crippen LogP contribution in [0.5, 0.6) is 0 Å². The fourth-order valence-corrected chi connectivity index (χ4v) is 7.68. The van der Waals surface area contributed by atoms with Gasteiger partial charge in [-0.2, -0.15) is 22.0 Å². The summed E-state index contributed by atoms with van der Waals surface area (Å²) in [4.78, 5) is 19.0. The first kappa shape index (κ1) is 37.2. The second-order valence-corrected chi connectivity index (χ2v) is 13.1. The molecular formula is C26H32Cl3F5N4O4S. The first-order valence-corrected chi connectivity index (χ1v) is 14.9. The maximum absolute atomic E-state index is 13.8. The lowest BCUT2D eigenvalue weighted by molar-refractivity contribution is -0.284. The number of rotatable bonds is 8. The largest absolute Gasteiger partial charge is 0.453 e. The molecule has 1 aromatic heterocycles. The molecular weight excluding hydrogens is 666 g/mol. The minimum Gasteiger partial charge on any atom is -0.371 e. The lowest BCUT2D eigenvalue weighted by Gasteiger charge is -2.43. The number of aromatic nitrogens is 1. The number of piperidine rings is 2. The van der Waals surface area contributed by atoms with Gasteiger partial charge in [0.15, 0.2) is 4.75 Å². The van der Waals surface area contributed by atoms with Crippen molar-refractivity contribution in [1.29, 1.82) is 0 Å². The summed E-state index contributed by atoms with van der Waals surface area (Å²) >= 11 is 5.95. The number of halogens is 8. The molecule has 2 aliphatic rings. The van der Waals surface area contributed by atoms with E-state index < -0.39 is 45.6 Å². The molecule has 0 saturated carbocycles. The van der Waals surface area contributed by atoms with E-state index >= 15 is 0 Å². The molecule has 0 spiro atoms. The van der Waals surface area contributed by atoms with E-state index in [-0.39, 0.29) is 75.3 Å². The topological polar surface area (TPSA) is 103 Å². The Morgan fingerprint density at radius 1 is 1.00 bits per heavy atom. The first-order valence-electron chi connectivity index (χ1n) is 13.0. The van der Waals surface area contributed by atoms with Crippen molar-refractivity contribution in [3.63, 3.8) is 0 Å². The Hall–Kier alpha value is -1.97. The molecule has 2 aliphatic heterocycles. The zero-order valence-corrected chi connectivity index (χ0v) is 25.9. The van der Waals surface area contributed by atoms with Crippen LogP contribution in [0.1, 0.15) is 49.3 Å². The van der Waals surface area contributed by atoms with Crippen LogP contribution in [0.15, 0.2) is 42.6 Å². The van der Waals surface area contributed by atoms with Crippen LogP contribution in [0, 0.1) is 0 Å². The number of alkyl halides is 5. The highest BCUT2D eigenvalue weighted by Crippen LogP contribution is 2.40. The third-order valence-electron chi connectivity index (χ3n) is 7.97. The SMILES string of the molecule is Cl.Cl.O=C(NO)C1(S(=O)(=O)N2CCC(c3ccc(CCC(F)(F)C(F)(F)F)cn3)CC2)CCN(c2ccc(Cl)cc2)CC1. The molecule has 242 valence electrons. The third kappa shape index (κ3) is 7.82. The van der Waals surface area contributed by atoms with Crippen molar-refractivity contribution in [2.75, 3.05) is 31.1 Å². The van der Waals surface area contributed by atoms with Crippen molar-refractivity contribution in [3.05, 3.63) is 58.9 Å². The van der Waals surface area contributed by atoms with E-state index in [1.54, 1.807) is 35.8 Å². The van der Waals surface area contributed by atoms with Gasteiger partial charge in [-0.1, -0.05) is 17.7 Å². The monoisotopic (exact) mass is 696 g/mol. The molecule has 1 amide bonds. The Balaban J connectivity index is 0.00000323. The molecule has 0 unspecified atom stereocenters. The van der Waals surface area contributed by atoms with Crippen LogP contribution in [-0.2, 0) is 21.2 Å². The Morgan fingerprint density at radius 3 is 2.07 bits per heavy atom. The second kappa shape index (κ2) is 14.4. The summed E-state index contributed by atoms with van der Waals surface area (Å²) in [6.07, 6.45) is -5.58. The van der Waals surface area contributed by atoms with Crippen molar-refractivity contribution in [2.24, 2.45) is 0 Å². The number of pyridine rings is 1. The molecule has 2 N–H and O–H groups in total. The van der Waals surface area contributed by atoms with E-state index in [2.05, 4.69) is 4.98 Å². The zero-order chi connectivity index (χ0) is 30.1. The Labute approximate surface area is 263 Å². The minimum atomic E-state index is -5.61. The summed E-state index contributed by atoms with van der Waals surface area (Å²) < 4.78 is 90.7. The van der Waals surface area contributed by atoms with Crippen LogP contribution in [0.3, 0.4) is 0 Å². The van der Waals surface area contributed by atoms with Gasteiger partial charge in [0.2, 0.25) is 10.0 Å². The molecule has 2 fully saturated rings. The lowest BCUT2D eigenvalue weighted by atomic mass is 9.93. The van der Waals surface area contributed by atoms with Crippen molar-refractivity contribution in [2.45, 2.75) is 61.3 Å². The molecule has 43 heavy (non-hydrogen) atoms. The van der Waals surface area contributed by atoms with Crippen LogP contribution in [-0.4, -0.2) is 71.8 Å². The van der Waals surface area contributed by atoms with Gasteiger partial charge >= 0.3 is 12.1 Å². The highest BCUT2D eigenvalue weighted by Gasteiger charge is 2.57. The van der Waals surface area contributed by atoms with Gasteiger partial charge in [0, 0.05) is 61.1 Å². The van der Waals surface area contributed by atoms with E-state index in [1.807, 2.05) is 4.90 Å². The Bertz CT molecular complexity index is 1320. The molecule has 2 aromatic rings. The number of hydrogen-bond acceptors (Lipinski definition) is 6. The van der Waals surface area contributed by atoms with E-state index in [9.17, 15) is 40.4 Å². The van der Waals surface area contributed by atoms with Crippen molar-refractivity contribution in [1.82, 2.24) is 14.8 Å². The van der Waals surface area contributed by atoms with Crippen LogP contribution in [0.2, 0.25) is 5.02 Å². The molecule has 0 atom stereocenters. The standard InChI is InChI=1S/C26H30ClF5N4O4S.2ClH/c27-20-2-4-21(5-3-20)35-15-11-24(12-16-35,23(37)34-38)41(39,40)36-13-8-19(9-14-36)22-6-1-18(17-33-22)7-10-25(28,29)26(30,31)32;;/h1-6,17,19,38H,7-16H2,(H,34,37);2*1H. The van der Waals surface area contributed by atoms with Gasteiger partial charge in [0.05, 0.1) is 0 Å². The summed E-state index contributed by atoms with van der Waals surface area (Å²) in [5.41, 5.74) is 3.19. The average molecular weight is 698 g/mol. The maximum atomic E-state index is 13.8. The van der Waals surface area contributed by atoms with Gasteiger partial charge in [0.1, 0.15) is 0 Å². The van der Waals surface area contributed by atoms with E-state index in [1.165, 1.54) is 16.6 Å². The third-order valence-corrected chi connectivity index (χ3v) is 10.9. The zero-order valence-electron chi connectivity index (χ0n) is 22.7. The molecule has 0 aliphatic carbocycles. The predicted octanol–water partition coefficient (Wildman–Crippen LogP) is 5.76. The summed E-state index contributed by atoms with van der Waals surface area (Å²) in [7, 11) is -4.19. The predicted molar refractivity (Wildman–Crippen MR) is 156 cm³/mol. The van der Waals surface area contributed by atoms with Crippen molar-refractivity contribution < 1.29 is 40.4 Å². The number of carbonyl (C=O) groups is 1. The summed E-state index contributed by atoms with van der Waals surface area (Å²) in [5.74, 6) is -5.94. The molecule has 1 aromatic carbocycles. The lowest BCUT2D eigenvalue weighted by Crippen LogP contribution is -2.62. The molecule has 0 bridgehead atoms. The van der Waals surface area contributed by atoms with Gasteiger partial charge in [0.25, 0.3) is 5.91 Å². The smallest absolute Gasteiger partial charge is 0.371 e. The number of sulfonamides is 1. The molecule has 8 nitrogen and oxygen atoms in total. The van der Waals surface area contributed by atoms with Crippen LogP contribution in [0.25, 0.3) is 0 Å². The second-order valence-electron chi connectivity index (χ2n) is 10.4.